The van der Waals surface area contributed by atoms with Gasteiger partial charge in [0.15, 0.2) is 6.61 Å². The molecule has 0 aliphatic heterocycles. The largest absolute Gasteiger partial charge is 0.481 e. The van der Waals surface area contributed by atoms with Crippen LogP contribution in [-0.2, 0) is 9.59 Å². The summed E-state index contributed by atoms with van der Waals surface area (Å²) in [7, 11) is 0. The van der Waals surface area contributed by atoms with Crippen LogP contribution in [0.2, 0.25) is 0 Å². The standard InChI is InChI=1S/C22H16N2O4/c23-13-17(12-16-7-2-4-11-20(16)28-14-21(25)26)22(27)24-19-10-5-8-15-6-1-3-9-18(15)19/h1-12H,14H2,(H,24,27)(H,25,26)/b17-12+. The molecule has 0 fully saturated rings. The molecular weight excluding hydrogens is 356 g/mol. The molecule has 0 aliphatic carbocycles. The molecule has 3 aromatic rings. The Bertz CT molecular complexity index is 1110. The molecule has 6 nitrogen and oxygen atoms in total. The van der Waals surface area contributed by atoms with Crippen LogP contribution in [0.4, 0.5) is 5.69 Å². The number of carbonyl (C=O) groups excluding carboxylic acids is 1. The predicted octanol–water partition coefficient (Wildman–Crippen LogP) is 3.85. The van der Waals surface area contributed by atoms with E-state index in [-0.39, 0.29) is 11.3 Å². The molecular formula is C22H16N2O4. The van der Waals surface area contributed by atoms with E-state index in [1.165, 1.54) is 6.08 Å². The third-order valence-electron chi connectivity index (χ3n) is 3.97. The highest BCUT2D eigenvalue weighted by molar-refractivity contribution is 6.13. The number of carboxylic acid groups (broad SMARTS) is 1. The molecule has 28 heavy (non-hydrogen) atoms. The van der Waals surface area contributed by atoms with Gasteiger partial charge in [-0.15, -0.1) is 0 Å². The van der Waals surface area contributed by atoms with Crippen LogP contribution in [0.5, 0.6) is 5.75 Å². The lowest BCUT2D eigenvalue weighted by molar-refractivity contribution is -0.139. The number of nitriles is 1. The lowest BCUT2D eigenvalue weighted by atomic mass is 10.1. The van der Waals surface area contributed by atoms with Crippen molar-refractivity contribution in [2.24, 2.45) is 0 Å². The van der Waals surface area contributed by atoms with Gasteiger partial charge in [-0.3, -0.25) is 4.79 Å². The molecule has 2 N–H and O–H groups in total. The summed E-state index contributed by atoms with van der Waals surface area (Å²) >= 11 is 0. The predicted molar refractivity (Wildman–Crippen MR) is 106 cm³/mol. The summed E-state index contributed by atoms with van der Waals surface area (Å²) in [6, 6.07) is 21.6. The number of nitrogens with one attached hydrogen (secondary N) is 1. The molecule has 3 aromatic carbocycles. The first kappa shape index (κ1) is 18.7. The molecule has 0 radical (unpaired) electrons. The van der Waals surface area contributed by atoms with Gasteiger partial charge in [-0.2, -0.15) is 5.26 Å². The SMILES string of the molecule is N#C/C(=C\c1ccccc1OCC(=O)O)C(=O)Nc1cccc2ccccc12. The maximum absolute atomic E-state index is 12.6. The van der Waals surface area contributed by atoms with E-state index in [0.29, 0.717) is 11.3 Å². The number of rotatable bonds is 6. The second-order valence-electron chi connectivity index (χ2n) is 5.87. The number of carboxylic acids is 1. The van der Waals surface area contributed by atoms with Gasteiger partial charge in [0.05, 0.1) is 0 Å². The van der Waals surface area contributed by atoms with Crippen LogP contribution < -0.4 is 10.1 Å². The van der Waals surface area contributed by atoms with E-state index in [4.69, 9.17) is 9.84 Å². The van der Waals surface area contributed by atoms with Crippen LogP contribution in [0.3, 0.4) is 0 Å². The van der Waals surface area contributed by atoms with Gasteiger partial charge in [0.25, 0.3) is 5.91 Å². The van der Waals surface area contributed by atoms with Crippen LogP contribution >= 0.6 is 0 Å². The van der Waals surface area contributed by atoms with Gasteiger partial charge in [0.2, 0.25) is 0 Å². The van der Waals surface area contributed by atoms with Crippen molar-refractivity contribution in [1.29, 1.82) is 5.26 Å². The Hall–Kier alpha value is -4.11. The van der Waals surface area contributed by atoms with Crippen molar-refractivity contribution in [3.63, 3.8) is 0 Å². The van der Waals surface area contributed by atoms with E-state index < -0.39 is 18.5 Å². The number of benzene rings is 3. The first-order valence-corrected chi connectivity index (χ1v) is 8.43. The van der Waals surface area contributed by atoms with Crippen molar-refractivity contribution in [2.75, 3.05) is 11.9 Å². The fraction of sp³-hybridized carbons (Fsp3) is 0.0455. The highest BCUT2D eigenvalue weighted by Gasteiger charge is 2.13. The van der Waals surface area contributed by atoms with Crippen LogP contribution in [-0.4, -0.2) is 23.6 Å². The topological polar surface area (TPSA) is 99.4 Å². The van der Waals surface area contributed by atoms with Crippen molar-refractivity contribution < 1.29 is 19.4 Å². The van der Waals surface area contributed by atoms with Gasteiger partial charge >= 0.3 is 5.97 Å². The summed E-state index contributed by atoms with van der Waals surface area (Å²) in [5.74, 6) is -1.41. The van der Waals surface area contributed by atoms with Gasteiger partial charge in [0, 0.05) is 16.6 Å². The Morgan fingerprint density at radius 1 is 1.04 bits per heavy atom. The lowest BCUT2D eigenvalue weighted by Crippen LogP contribution is -2.14. The minimum Gasteiger partial charge on any atom is -0.481 e. The number of fused-ring (bicyclic) bond motifs is 1. The molecule has 0 bridgehead atoms. The zero-order valence-electron chi connectivity index (χ0n) is 14.8. The molecule has 0 aliphatic rings. The summed E-state index contributed by atoms with van der Waals surface area (Å²) in [6.45, 7) is -0.519. The van der Waals surface area contributed by atoms with Crippen molar-refractivity contribution in [2.45, 2.75) is 0 Å². The number of para-hydroxylation sites is 1. The van der Waals surface area contributed by atoms with E-state index in [0.717, 1.165) is 10.8 Å². The normalized spacial score (nSPS) is 10.9. The quantitative estimate of drug-likeness (QED) is 0.506. The Balaban J connectivity index is 1.88. The molecule has 0 atom stereocenters. The van der Waals surface area contributed by atoms with E-state index in [2.05, 4.69) is 5.32 Å². The van der Waals surface area contributed by atoms with E-state index in [9.17, 15) is 14.9 Å². The van der Waals surface area contributed by atoms with E-state index in [1.807, 2.05) is 42.5 Å². The molecule has 0 saturated carbocycles. The highest BCUT2D eigenvalue weighted by atomic mass is 16.5. The summed E-state index contributed by atoms with van der Waals surface area (Å²) in [5.41, 5.74) is 0.910. The number of amides is 1. The highest BCUT2D eigenvalue weighted by Crippen LogP contribution is 2.25. The molecule has 0 heterocycles. The number of ether oxygens (including phenoxy) is 1. The molecule has 0 spiro atoms. The number of nitrogens with zero attached hydrogens (tertiary/aromatic N) is 1. The van der Waals surface area contributed by atoms with Crippen LogP contribution in [0.25, 0.3) is 16.8 Å². The molecule has 0 aromatic heterocycles. The molecule has 6 heteroatoms. The maximum atomic E-state index is 12.6. The van der Waals surface area contributed by atoms with Crippen LogP contribution in [0.15, 0.2) is 72.3 Å². The van der Waals surface area contributed by atoms with Gasteiger partial charge in [-0.25, -0.2) is 4.79 Å². The number of aliphatic carboxylic acids is 1. The number of hydrogen-bond acceptors (Lipinski definition) is 4. The van der Waals surface area contributed by atoms with E-state index >= 15 is 0 Å². The Morgan fingerprint density at radius 3 is 2.54 bits per heavy atom. The third-order valence-corrected chi connectivity index (χ3v) is 3.97. The van der Waals surface area contributed by atoms with Crippen LogP contribution in [0.1, 0.15) is 5.56 Å². The second kappa shape index (κ2) is 8.52. The van der Waals surface area contributed by atoms with Gasteiger partial charge in [-0.05, 0) is 23.6 Å². The lowest BCUT2D eigenvalue weighted by Gasteiger charge is -2.09. The zero-order chi connectivity index (χ0) is 19.9. The molecule has 3 rings (SSSR count). The van der Waals surface area contributed by atoms with Crippen molar-refractivity contribution >= 4 is 34.4 Å². The molecule has 138 valence electrons. The Morgan fingerprint density at radius 2 is 1.75 bits per heavy atom. The summed E-state index contributed by atoms with van der Waals surface area (Å²) in [6.07, 6.45) is 1.37. The number of carbonyl (C=O) groups is 2. The third kappa shape index (κ3) is 4.34. The minimum absolute atomic E-state index is 0.126. The maximum Gasteiger partial charge on any atom is 0.341 e. The van der Waals surface area contributed by atoms with Crippen molar-refractivity contribution in [1.82, 2.24) is 0 Å². The average Bonchev–Trinajstić information content (AvgIpc) is 2.71. The summed E-state index contributed by atoms with van der Waals surface area (Å²) in [4.78, 5) is 23.4. The van der Waals surface area contributed by atoms with Crippen molar-refractivity contribution in [3.05, 3.63) is 77.9 Å². The fourth-order valence-corrected chi connectivity index (χ4v) is 2.70. The molecule has 0 unspecified atom stereocenters. The van der Waals surface area contributed by atoms with E-state index in [1.54, 1.807) is 30.3 Å². The fourth-order valence-electron chi connectivity index (χ4n) is 2.70. The number of anilines is 1. The molecule has 1 amide bonds. The Kier molecular flexibility index (Phi) is 5.68. The van der Waals surface area contributed by atoms with Crippen molar-refractivity contribution in [3.8, 4) is 11.8 Å². The average molecular weight is 372 g/mol. The first-order chi connectivity index (χ1) is 13.6. The Labute approximate surface area is 161 Å². The van der Waals surface area contributed by atoms with Gasteiger partial charge in [-0.1, -0.05) is 54.6 Å². The van der Waals surface area contributed by atoms with Crippen LogP contribution in [0, 0.1) is 11.3 Å². The van der Waals surface area contributed by atoms with Gasteiger partial charge in [0.1, 0.15) is 17.4 Å². The van der Waals surface area contributed by atoms with Gasteiger partial charge < -0.3 is 15.2 Å². The first-order valence-electron chi connectivity index (χ1n) is 8.43. The molecule has 0 saturated heterocycles. The number of hydrogen-bond donors (Lipinski definition) is 2. The monoisotopic (exact) mass is 372 g/mol. The summed E-state index contributed by atoms with van der Waals surface area (Å²) < 4.78 is 5.21. The summed E-state index contributed by atoms with van der Waals surface area (Å²) in [5, 5.41) is 22.8. The smallest absolute Gasteiger partial charge is 0.341 e. The second-order valence-corrected chi connectivity index (χ2v) is 5.87. The minimum atomic E-state index is -1.12. The zero-order valence-corrected chi connectivity index (χ0v) is 14.8.